The molecule has 3 rings (SSSR count). The first-order chi connectivity index (χ1) is 11.7. The molecule has 5 heteroatoms. The molecule has 1 heterocycles. The molecule has 4 nitrogen and oxygen atoms in total. The number of likely N-dealkylation sites (tertiary alicyclic amines) is 1. The van der Waals surface area contributed by atoms with E-state index >= 15 is 0 Å². The van der Waals surface area contributed by atoms with Crippen LogP contribution < -0.4 is 15.5 Å². The largest absolute Gasteiger partial charge is 0.335 e. The number of quaternary nitrogens is 1. The van der Waals surface area contributed by atoms with Crippen LogP contribution in [0.1, 0.15) is 18.4 Å². The number of hydrogen-bond donors (Lipinski definition) is 3. The van der Waals surface area contributed by atoms with E-state index in [4.69, 9.17) is 11.6 Å². The maximum absolute atomic E-state index is 12.1. The molecule has 1 aliphatic rings. The van der Waals surface area contributed by atoms with Crippen molar-refractivity contribution in [2.24, 2.45) is 0 Å². The average Bonchev–Trinajstić information content (AvgIpc) is 2.60. The molecule has 126 valence electrons. The smallest absolute Gasteiger partial charge is 0.319 e. The summed E-state index contributed by atoms with van der Waals surface area (Å²) in [5, 5.41) is 6.43. The number of rotatable bonds is 4. The van der Waals surface area contributed by atoms with Gasteiger partial charge in [0, 0.05) is 24.4 Å². The summed E-state index contributed by atoms with van der Waals surface area (Å²) in [6.45, 7) is 3.21. The molecule has 0 bridgehead atoms. The van der Waals surface area contributed by atoms with Crippen LogP contribution in [-0.2, 0) is 6.54 Å². The van der Waals surface area contributed by atoms with Crippen molar-refractivity contribution in [3.8, 4) is 0 Å². The summed E-state index contributed by atoms with van der Waals surface area (Å²) in [5.41, 5.74) is 2.01. The fourth-order valence-corrected chi connectivity index (χ4v) is 3.32. The highest BCUT2D eigenvalue weighted by molar-refractivity contribution is 6.33. The molecule has 2 amide bonds. The van der Waals surface area contributed by atoms with Gasteiger partial charge in [0.05, 0.1) is 23.8 Å². The zero-order chi connectivity index (χ0) is 16.8. The van der Waals surface area contributed by atoms with Gasteiger partial charge in [-0.15, -0.1) is 0 Å². The molecule has 1 saturated heterocycles. The van der Waals surface area contributed by atoms with E-state index in [0.29, 0.717) is 10.7 Å². The van der Waals surface area contributed by atoms with Gasteiger partial charge in [-0.1, -0.05) is 54.1 Å². The number of piperidine rings is 1. The number of halogens is 1. The number of benzene rings is 2. The zero-order valence-electron chi connectivity index (χ0n) is 13.6. The van der Waals surface area contributed by atoms with Crippen LogP contribution in [0.5, 0.6) is 0 Å². The number of nitrogens with one attached hydrogen (secondary N) is 3. The van der Waals surface area contributed by atoms with Gasteiger partial charge in [-0.2, -0.15) is 0 Å². The molecule has 0 aliphatic carbocycles. The van der Waals surface area contributed by atoms with Crippen molar-refractivity contribution in [1.82, 2.24) is 5.32 Å². The topological polar surface area (TPSA) is 45.6 Å². The Kier molecular flexibility index (Phi) is 5.72. The van der Waals surface area contributed by atoms with E-state index in [1.165, 1.54) is 5.56 Å². The number of amides is 2. The van der Waals surface area contributed by atoms with Crippen LogP contribution >= 0.6 is 11.6 Å². The third-order valence-corrected chi connectivity index (χ3v) is 4.78. The van der Waals surface area contributed by atoms with Gasteiger partial charge in [-0.25, -0.2) is 4.79 Å². The molecule has 0 atom stereocenters. The van der Waals surface area contributed by atoms with Crippen LogP contribution in [0.3, 0.4) is 0 Å². The van der Waals surface area contributed by atoms with Gasteiger partial charge in [0.1, 0.15) is 6.54 Å². The van der Waals surface area contributed by atoms with E-state index < -0.39 is 0 Å². The Bertz CT molecular complexity index is 669. The van der Waals surface area contributed by atoms with Crippen molar-refractivity contribution in [3.63, 3.8) is 0 Å². The van der Waals surface area contributed by atoms with E-state index in [1.54, 1.807) is 17.0 Å². The lowest BCUT2D eigenvalue weighted by Crippen LogP contribution is -3.12. The zero-order valence-corrected chi connectivity index (χ0v) is 14.4. The van der Waals surface area contributed by atoms with E-state index in [-0.39, 0.29) is 12.1 Å². The second kappa shape index (κ2) is 8.18. The first-order valence-corrected chi connectivity index (χ1v) is 8.78. The van der Waals surface area contributed by atoms with Gasteiger partial charge >= 0.3 is 6.03 Å². The Hall–Kier alpha value is -2.04. The van der Waals surface area contributed by atoms with Crippen LogP contribution in [0.25, 0.3) is 0 Å². The quantitative estimate of drug-likeness (QED) is 0.784. The van der Waals surface area contributed by atoms with E-state index in [1.807, 2.05) is 18.2 Å². The Morgan fingerprint density at radius 2 is 1.71 bits per heavy atom. The Balaban J connectivity index is 1.43. The average molecular weight is 345 g/mol. The van der Waals surface area contributed by atoms with E-state index in [9.17, 15) is 4.79 Å². The lowest BCUT2D eigenvalue weighted by atomic mass is 10.0. The van der Waals surface area contributed by atoms with E-state index in [0.717, 1.165) is 32.5 Å². The minimum Gasteiger partial charge on any atom is -0.335 e. The molecule has 0 radical (unpaired) electrons. The third kappa shape index (κ3) is 4.73. The second-order valence-electron chi connectivity index (χ2n) is 6.26. The third-order valence-electron chi connectivity index (χ3n) is 4.45. The Morgan fingerprint density at radius 3 is 2.42 bits per heavy atom. The molecular weight excluding hydrogens is 322 g/mol. The molecular formula is C19H23ClN3O+. The van der Waals surface area contributed by atoms with Gasteiger partial charge in [-0.05, 0) is 12.1 Å². The molecule has 1 fully saturated rings. The summed E-state index contributed by atoms with van der Waals surface area (Å²) in [5.74, 6) is 0. The highest BCUT2D eigenvalue weighted by Gasteiger charge is 2.23. The molecule has 0 saturated carbocycles. The standard InChI is InChI=1S/C19H22ClN3O/c20-17-8-4-5-9-18(17)22-19(24)21-16-10-12-23(13-11-16)14-15-6-2-1-3-7-15/h1-9,16H,10-14H2,(H2,21,22,24)/p+1. The minimum absolute atomic E-state index is 0.181. The predicted octanol–water partition coefficient (Wildman–Crippen LogP) is 2.71. The second-order valence-corrected chi connectivity index (χ2v) is 6.67. The van der Waals surface area contributed by atoms with Crippen molar-refractivity contribution < 1.29 is 9.69 Å². The number of urea groups is 1. The predicted molar refractivity (Wildman–Crippen MR) is 97.5 cm³/mol. The summed E-state index contributed by atoms with van der Waals surface area (Å²) in [4.78, 5) is 13.7. The Labute approximate surface area is 147 Å². The van der Waals surface area contributed by atoms with Gasteiger partial charge in [0.2, 0.25) is 0 Å². The van der Waals surface area contributed by atoms with Crippen molar-refractivity contribution >= 4 is 23.3 Å². The maximum Gasteiger partial charge on any atom is 0.319 e. The van der Waals surface area contributed by atoms with Crippen molar-refractivity contribution in [3.05, 3.63) is 65.2 Å². The molecule has 2 aromatic carbocycles. The molecule has 3 N–H and O–H groups in total. The van der Waals surface area contributed by atoms with Crippen LogP contribution in [0, 0.1) is 0 Å². The fourth-order valence-electron chi connectivity index (χ4n) is 3.14. The van der Waals surface area contributed by atoms with Gasteiger partial charge in [-0.3, -0.25) is 0 Å². The highest BCUT2D eigenvalue weighted by atomic mass is 35.5. The summed E-state index contributed by atoms with van der Waals surface area (Å²) >= 11 is 6.06. The molecule has 0 aromatic heterocycles. The number of para-hydroxylation sites is 1. The number of carbonyl (C=O) groups is 1. The molecule has 2 aromatic rings. The fraction of sp³-hybridized carbons (Fsp3) is 0.316. The van der Waals surface area contributed by atoms with Crippen LogP contribution in [0.2, 0.25) is 5.02 Å². The number of hydrogen-bond acceptors (Lipinski definition) is 1. The van der Waals surface area contributed by atoms with Crippen LogP contribution in [0.4, 0.5) is 10.5 Å². The molecule has 24 heavy (non-hydrogen) atoms. The van der Waals surface area contributed by atoms with Crippen molar-refractivity contribution in [2.45, 2.75) is 25.4 Å². The summed E-state index contributed by atoms with van der Waals surface area (Å²) in [6.07, 6.45) is 2.00. The SMILES string of the molecule is O=C(Nc1ccccc1Cl)NC1CC[NH+](Cc2ccccc2)CC1. The monoisotopic (exact) mass is 344 g/mol. The van der Waals surface area contributed by atoms with E-state index in [2.05, 4.69) is 34.9 Å². The number of carbonyl (C=O) groups excluding carboxylic acids is 1. The Morgan fingerprint density at radius 1 is 1.04 bits per heavy atom. The van der Waals surface area contributed by atoms with Gasteiger partial charge in [0.15, 0.2) is 0 Å². The molecule has 0 spiro atoms. The molecule has 0 unspecified atom stereocenters. The minimum atomic E-state index is -0.181. The van der Waals surface area contributed by atoms with Crippen LogP contribution in [0.15, 0.2) is 54.6 Å². The normalized spacial score (nSPS) is 20.4. The van der Waals surface area contributed by atoms with Gasteiger partial charge < -0.3 is 15.5 Å². The first-order valence-electron chi connectivity index (χ1n) is 8.40. The lowest BCUT2D eigenvalue weighted by molar-refractivity contribution is -0.918. The highest BCUT2D eigenvalue weighted by Crippen LogP contribution is 2.20. The summed E-state index contributed by atoms with van der Waals surface area (Å²) in [7, 11) is 0. The number of anilines is 1. The lowest BCUT2D eigenvalue weighted by Gasteiger charge is -2.29. The van der Waals surface area contributed by atoms with Crippen molar-refractivity contribution in [1.29, 1.82) is 0 Å². The summed E-state index contributed by atoms with van der Waals surface area (Å²) in [6, 6.07) is 17.9. The van der Waals surface area contributed by atoms with Gasteiger partial charge in [0.25, 0.3) is 0 Å². The first kappa shape index (κ1) is 16.8. The molecule has 1 aliphatic heterocycles. The summed E-state index contributed by atoms with van der Waals surface area (Å²) < 4.78 is 0. The maximum atomic E-state index is 12.1. The van der Waals surface area contributed by atoms with Crippen LogP contribution in [-0.4, -0.2) is 25.2 Å². The van der Waals surface area contributed by atoms with Crippen molar-refractivity contribution in [2.75, 3.05) is 18.4 Å².